The van der Waals surface area contributed by atoms with Gasteiger partial charge in [0.05, 0.1) is 22.6 Å². The van der Waals surface area contributed by atoms with Crippen LogP contribution in [0.15, 0.2) is 33.9 Å². The van der Waals surface area contributed by atoms with Crippen molar-refractivity contribution < 1.29 is 14.6 Å². The predicted octanol–water partition coefficient (Wildman–Crippen LogP) is 3.70. The molecule has 3 heterocycles. The number of nitrogens with one attached hydrogen (secondary N) is 2. The minimum Gasteiger partial charge on any atom is -0.505 e. The first-order valence-electron chi connectivity index (χ1n) is 10.2. The molecule has 9 heteroatoms. The number of hydrogen-bond donors (Lipinski definition) is 3. The van der Waals surface area contributed by atoms with Gasteiger partial charge in [0.1, 0.15) is 17.0 Å². The Morgan fingerprint density at radius 1 is 1.16 bits per heavy atom. The highest BCUT2D eigenvalue weighted by Crippen LogP contribution is 2.47. The van der Waals surface area contributed by atoms with Crippen LogP contribution in [0, 0.1) is 6.92 Å². The minimum atomic E-state index is -0.625. The molecule has 3 aromatic heterocycles. The maximum absolute atomic E-state index is 12.9. The van der Waals surface area contributed by atoms with Gasteiger partial charge in [0.2, 0.25) is 0 Å². The second-order valence-electron chi connectivity index (χ2n) is 7.40. The number of carbonyl (C=O) groups excluding carboxylic acids is 1. The second-order valence-corrected chi connectivity index (χ2v) is 8.62. The summed E-state index contributed by atoms with van der Waals surface area (Å²) in [4.78, 5) is 43.9. The van der Waals surface area contributed by atoms with Crippen LogP contribution < -0.4 is 11.2 Å². The maximum atomic E-state index is 12.9. The molecule has 4 aromatic rings. The molecule has 3 N–H and O–H groups in total. The minimum absolute atomic E-state index is 0.0785. The molecule has 0 aliphatic heterocycles. The molecule has 0 bridgehead atoms. The van der Waals surface area contributed by atoms with Crippen LogP contribution in [0.3, 0.4) is 0 Å². The first kappa shape index (κ1) is 21.6. The number of aromatic amines is 2. The molecule has 1 aromatic carbocycles. The molecule has 0 aliphatic carbocycles. The van der Waals surface area contributed by atoms with Crippen LogP contribution in [0.4, 0.5) is 0 Å². The molecule has 0 atom stereocenters. The lowest BCUT2D eigenvalue weighted by atomic mass is 10.0. The van der Waals surface area contributed by atoms with Crippen molar-refractivity contribution in [2.24, 2.45) is 7.05 Å². The number of ether oxygens (including phenoxy) is 1. The maximum Gasteiger partial charge on any atom is 0.343 e. The zero-order valence-corrected chi connectivity index (χ0v) is 19.0. The van der Waals surface area contributed by atoms with E-state index in [0.717, 1.165) is 17.5 Å². The molecule has 0 saturated heterocycles. The number of carbonyl (C=O) groups is 1. The van der Waals surface area contributed by atoms with Gasteiger partial charge in [-0.3, -0.25) is 14.3 Å². The van der Waals surface area contributed by atoms with E-state index in [2.05, 4.69) is 16.9 Å². The average molecular weight is 454 g/mol. The van der Waals surface area contributed by atoms with Gasteiger partial charge < -0.3 is 14.8 Å². The third-order valence-electron chi connectivity index (χ3n) is 5.48. The molecule has 0 saturated carbocycles. The molecule has 0 radical (unpaired) electrons. The van der Waals surface area contributed by atoms with Gasteiger partial charge in [-0.05, 0) is 31.4 Å². The number of H-pyrrole nitrogens is 2. The Labute approximate surface area is 187 Å². The van der Waals surface area contributed by atoms with Crippen molar-refractivity contribution in [3.05, 3.63) is 61.1 Å². The number of aryl methyl sites for hydroxylation is 3. The summed E-state index contributed by atoms with van der Waals surface area (Å²) in [5.41, 5.74) is 2.21. The quantitative estimate of drug-likeness (QED) is 0.398. The van der Waals surface area contributed by atoms with Gasteiger partial charge in [-0.1, -0.05) is 31.2 Å². The van der Waals surface area contributed by atoms with E-state index in [4.69, 9.17) is 4.74 Å². The van der Waals surface area contributed by atoms with Crippen LogP contribution >= 0.6 is 11.3 Å². The Kier molecular flexibility index (Phi) is 5.52. The first-order valence-corrected chi connectivity index (χ1v) is 11.0. The van der Waals surface area contributed by atoms with Crippen LogP contribution in [0.2, 0.25) is 0 Å². The first-order chi connectivity index (χ1) is 15.3. The highest BCUT2D eigenvalue weighted by Gasteiger charge is 2.29. The van der Waals surface area contributed by atoms with Crippen LogP contribution in [-0.4, -0.2) is 32.2 Å². The Hall–Kier alpha value is -3.59. The number of esters is 1. The molecular weight excluding hydrogens is 430 g/mol. The Bertz CT molecular complexity index is 1450. The summed E-state index contributed by atoms with van der Waals surface area (Å²) in [6, 6.07) is 7.81. The Balaban J connectivity index is 2.09. The van der Waals surface area contributed by atoms with Gasteiger partial charge in [0, 0.05) is 17.5 Å². The molecule has 8 nitrogen and oxygen atoms in total. The molecule has 0 aliphatic rings. The summed E-state index contributed by atoms with van der Waals surface area (Å²) in [6.07, 6.45) is 0.877. The van der Waals surface area contributed by atoms with Crippen molar-refractivity contribution in [3.8, 4) is 27.4 Å². The number of aromatic nitrogens is 3. The summed E-state index contributed by atoms with van der Waals surface area (Å²) < 4.78 is 6.41. The standard InChI is InChI=1S/C23H23N3O5S/c1-5-12-7-9-13(10-8-12)17-15(16-20(24-17)26(4)23(30)25-21(16)28)19-18(27)14(11(3)32-19)22(29)31-6-2/h7-10,24,27H,5-6H2,1-4H3,(H,25,28,30). The number of benzene rings is 1. The van der Waals surface area contributed by atoms with Crippen LogP contribution in [-0.2, 0) is 18.2 Å². The van der Waals surface area contributed by atoms with Crippen molar-refractivity contribution in [3.63, 3.8) is 0 Å². The lowest BCUT2D eigenvalue weighted by Gasteiger charge is -2.06. The molecule has 0 fully saturated rings. The van der Waals surface area contributed by atoms with Crippen molar-refractivity contribution in [2.75, 3.05) is 6.61 Å². The number of rotatable bonds is 5. The molecule has 4 rings (SSSR count). The largest absolute Gasteiger partial charge is 0.505 e. The second kappa shape index (κ2) is 8.16. The monoisotopic (exact) mass is 453 g/mol. The lowest BCUT2D eigenvalue weighted by Crippen LogP contribution is -2.28. The highest BCUT2D eigenvalue weighted by atomic mass is 32.1. The van der Waals surface area contributed by atoms with Crippen LogP contribution in [0.25, 0.3) is 32.7 Å². The van der Waals surface area contributed by atoms with Gasteiger partial charge in [0.25, 0.3) is 5.56 Å². The lowest BCUT2D eigenvalue weighted by molar-refractivity contribution is 0.0523. The van der Waals surface area contributed by atoms with Gasteiger partial charge in [0.15, 0.2) is 0 Å². The average Bonchev–Trinajstić information content (AvgIpc) is 3.30. The Morgan fingerprint density at radius 2 is 1.84 bits per heavy atom. The zero-order valence-electron chi connectivity index (χ0n) is 18.2. The number of fused-ring (bicyclic) bond motifs is 1. The van der Waals surface area contributed by atoms with E-state index in [9.17, 15) is 19.5 Å². The van der Waals surface area contributed by atoms with Crippen molar-refractivity contribution in [1.82, 2.24) is 14.5 Å². The summed E-state index contributed by atoms with van der Waals surface area (Å²) in [5, 5.41) is 11.3. The fourth-order valence-corrected chi connectivity index (χ4v) is 4.89. The number of thiophene rings is 1. The molecule has 32 heavy (non-hydrogen) atoms. The van der Waals surface area contributed by atoms with Crippen molar-refractivity contribution in [1.29, 1.82) is 0 Å². The van der Waals surface area contributed by atoms with E-state index >= 15 is 0 Å². The van der Waals surface area contributed by atoms with Crippen molar-refractivity contribution in [2.45, 2.75) is 27.2 Å². The van der Waals surface area contributed by atoms with E-state index in [1.807, 2.05) is 24.3 Å². The highest BCUT2D eigenvalue weighted by molar-refractivity contribution is 7.16. The number of aromatic hydroxyl groups is 1. The number of hydrogen-bond acceptors (Lipinski definition) is 6. The molecule has 0 unspecified atom stereocenters. The molecule has 0 spiro atoms. The fraction of sp³-hybridized carbons (Fsp3) is 0.261. The molecular formula is C23H23N3O5S. The summed E-state index contributed by atoms with van der Waals surface area (Å²) in [6.45, 7) is 5.63. The van der Waals surface area contributed by atoms with Crippen LogP contribution in [0.1, 0.15) is 34.6 Å². The van der Waals surface area contributed by atoms with Gasteiger partial charge >= 0.3 is 11.7 Å². The number of nitrogens with zero attached hydrogens (tertiary/aromatic N) is 1. The van der Waals surface area contributed by atoms with Crippen LogP contribution in [0.5, 0.6) is 5.75 Å². The van der Waals surface area contributed by atoms with Crippen molar-refractivity contribution >= 4 is 28.3 Å². The van der Waals surface area contributed by atoms with Gasteiger partial charge in [-0.25, -0.2) is 9.59 Å². The summed E-state index contributed by atoms with van der Waals surface area (Å²) in [7, 11) is 1.55. The van der Waals surface area contributed by atoms with E-state index in [0.29, 0.717) is 26.7 Å². The zero-order chi connectivity index (χ0) is 23.2. The van der Waals surface area contributed by atoms with Gasteiger partial charge in [-0.15, -0.1) is 11.3 Å². The summed E-state index contributed by atoms with van der Waals surface area (Å²) >= 11 is 1.19. The molecule has 0 amide bonds. The summed E-state index contributed by atoms with van der Waals surface area (Å²) in [5.74, 6) is -0.869. The van der Waals surface area contributed by atoms with Gasteiger partial charge in [-0.2, -0.15) is 0 Å². The fourth-order valence-electron chi connectivity index (χ4n) is 3.80. The third kappa shape index (κ3) is 3.34. The Morgan fingerprint density at radius 3 is 2.47 bits per heavy atom. The van der Waals surface area contributed by atoms with E-state index in [1.165, 1.54) is 15.9 Å². The molecule has 166 valence electrons. The van der Waals surface area contributed by atoms with E-state index in [1.54, 1.807) is 20.9 Å². The SMILES string of the molecule is CCOC(=O)c1c(C)sc(-c2c(-c3ccc(CC)cc3)[nH]c3c2c(=O)[nH]c(=O)n3C)c1O. The van der Waals surface area contributed by atoms with E-state index in [-0.39, 0.29) is 23.3 Å². The van der Waals surface area contributed by atoms with E-state index < -0.39 is 17.2 Å². The smallest absolute Gasteiger partial charge is 0.343 e. The topological polar surface area (TPSA) is 117 Å². The normalized spacial score (nSPS) is 11.2. The third-order valence-corrected chi connectivity index (χ3v) is 6.60. The predicted molar refractivity (Wildman–Crippen MR) is 125 cm³/mol.